The van der Waals surface area contributed by atoms with Crippen LogP contribution in [-0.2, 0) is 11.8 Å². The molecule has 0 spiro atoms. The van der Waals surface area contributed by atoms with Crippen LogP contribution < -0.4 is 10.1 Å². The van der Waals surface area contributed by atoms with Gasteiger partial charge in [-0.15, -0.1) is 5.10 Å². The number of carbonyl (C=O) groups is 1. The third kappa shape index (κ3) is 3.78. The second-order valence-corrected chi connectivity index (χ2v) is 6.78. The molecule has 0 saturated carbocycles. The molecule has 7 nitrogen and oxygen atoms in total. The molecule has 0 aliphatic carbocycles. The molecule has 0 radical (unpaired) electrons. The number of benzene rings is 1. The van der Waals surface area contributed by atoms with Crippen LogP contribution in [0, 0.1) is 0 Å². The minimum Gasteiger partial charge on any atom is -0.473 e. The first kappa shape index (κ1) is 17.5. The maximum atomic E-state index is 12.3. The standard InChI is InChI=1S/C20H22N4O3/c1-13-11-15(8-10-26-13)27-20-16-7-6-14(12-18(16)24(2)23-20)22-19(25)17-5-3-4-9-21-17/h3-7,9,12-13,15H,8,10-11H2,1-2H3,(H,22,25). The number of hydrogen-bond acceptors (Lipinski definition) is 5. The SMILES string of the molecule is CC1CC(Oc2nn(C)c3cc(NC(=O)c4ccccn4)ccc23)CCO1. The van der Waals surface area contributed by atoms with Gasteiger partial charge in [0, 0.05) is 31.8 Å². The second kappa shape index (κ2) is 7.36. The lowest BCUT2D eigenvalue weighted by molar-refractivity contribution is -0.0261. The topological polar surface area (TPSA) is 78.3 Å². The maximum Gasteiger partial charge on any atom is 0.274 e. The molecule has 2 aromatic heterocycles. The summed E-state index contributed by atoms with van der Waals surface area (Å²) in [5.74, 6) is 0.374. The zero-order valence-corrected chi connectivity index (χ0v) is 15.4. The molecule has 1 fully saturated rings. The molecule has 1 aromatic carbocycles. The number of hydrogen-bond donors (Lipinski definition) is 1. The summed E-state index contributed by atoms with van der Waals surface area (Å²) < 4.78 is 13.5. The molecule has 1 aliphatic heterocycles. The Balaban J connectivity index is 1.54. The minimum atomic E-state index is -0.246. The zero-order valence-electron chi connectivity index (χ0n) is 15.4. The molecule has 1 aliphatic rings. The molecule has 1 saturated heterocycles. The minimum absolute atomic E-state index is 0.107. The van der Waals surface area contributed by atoms with Crippen LogP contribution >= 0.6 is 0 Å². The molecule has 4 rings (SSSR count). The summed E-state index contributed by atoms with van der Waals surface area (Å²) in [4.78, 5) is 16.4. The molecule has 140 valence electrons. The number of ether oxygens (including phenoxy) is 2. The molecule has 2 unspecified atom stereocenters. The fourth-order valence-electron chi connectivity index (χ4n) is 3.30. The van der Waals surface area contributed by atoms with Gasteiger partial charge in [-0.3, -0.25) is 14.5 Å². The summed E-state index contributed by atoms with van der Waals surface area (Å²) in [6.07, 6.45) is 3.62. The predicted octanol–water partition coefficient (Wildman–Crippen LogP) is 3.17. The summed E-state index contributed by atoms with van der Waals surface area (Å²) in [6, 6.07) is 10.9. The van der Waals surface area contributed by atoms with Gasteiger partial charge in [-0.2, -0.15) is 0 Å². The lowest BCUT2D eigenvalue weighted by Crippen LogP contribution is -2.31. The van der Waals surface area contributed by atoms with E-state index >= 15 is 0 Å². The lowest BCUT2D eigenvalue weighted by Gasteiger charge is -2.27. The van der Waals surface area contributed by atoms with Crippen LogP contribution in [0.15, 0.2) is 42.6 Å². The highest BCUT2D eigenvalue weighted by molar-refractivity contribution is 6.03. The number of nitrogens with one attached hydrogen (secondary N) is 1. The van der Waals surface area contributed by atoms with Crippen LogP contribution in [0.2, 0.25) is 0 Å². The molecule has 1 N–H and O–H groups in total. The highest BCUT2D eigenvalue weighted by atomic mass is 16.5. The molecular formula is C20H22N4O3. The van der Waals surface area contributed by atoms with Crippen LogP contribution in [0.5, 0.6) is 5.88 Å². The van der Waals surface area contributed by atoms with Crippen LogP contribution in [-0.4, -0.2) is 39.5 Å². The first-order chi connectivity index (χ1) is 13.1. The maximum absolute atomic E-state index is 12.3. The number of pyridine rings is 1. The van der Waals surface area contributed by atoms with Crippen molar-refractivity contribution in [3.8, 4) is 5.88 Å². The number of amides is 1. The van der Waals surface area contributed by atoms with E-state index < -0.39 is 0 Å². The molecule has 3 aromatic rings. The summed E-state index contributed by atoms with van der Waals surface area (Å²) in [6.45, 7) is 2.77. The first-order valence-electron chi connectivity index (χ1n) is 9.07. The van der Waals surface area contributed by atoms with E-state index in [1.54, 1.807) is 29.1 Å². The number of aromatic nitrogens is 3. The van der Waals surface area contributed by atoms with Gasteiger partial charge in [0.25, 0.3) is 5.91 Å². The van der Waals surface area contributed by atoms with Crippen LogP contribution in [0.1, 0.15) is 30.3 Å². The number of fused-ring (bicyclic) bond motifs is 1. The Morgan fingerprint density at radius 3 is 3.00 bits per heavy atom. The largest absolute Gasteiger partial charge is 0.473 e. The normalized spacial score (nSPS) is 19.8. The van der Waals surface area contributed by atoms with Crippen molar-refractivity contribution in [1.82, 2.24) is 14.8 Å². The van der Waals surface area contributed by atoms with Crippen LogP contribution in [0.25, 0.3) is 10.9 Å². The van der Waals surface area contributed by atoms with E-state index in [9.17, 15) is 4.79 Å². The van der Waals surface area contributed by atoms with Crippen molar-refractivity contribution in [1.29, 1.82) is 0 Å². The van der Waals surface area contributed by atoms with E-state index in [4.69, 9.17) is 9.47 Å². The van der Waals surface area contributed by atoms with E-state index in [1.807, 2.05) is 25.2 Å². The van der Waals surface area contributed by atoms with Crippen molar-refractivity contribution >= 4 is 22.5 Å². The van der Waals surface area contributed by atoms with Crippen molar-refractivity contribution in [2.75, 3.05) is 11.9 Å². The number of carbonyl (C=O) groups excluding carboxylic acids is 1. The van der Waals surface area contributed by atoms with Crippen molar-refractivity contribution in [3.63, 3.8) is 0 Å². The van der Waals surface area contributed by atoms with E-state index in [0.717, 1.165) is 23.7 Å². The van der Waals surface area contributed by atoms with E-state index in [1.165, 1.54) is 0 Å². The fourth-order valence-corrected chi connectivity index (χ4v) is 3.30. The summed E-state index contributed by atoms with van der Waals surface area (Å²) >= 11 is 0. The Hall–Kier alpha value is -2.93. The van der Waals surface area contributed by atoms with Gasteiger partial charge in [-0.25, -0.2) is 0 Å². The summed E-state index contributed by atoms with van der Waals surface area (Å²) in [5, 5.41) is 8.31. The van der Waals surface area contributed by atoms with Gasteiger partial charge in [0.1, 0.15) is 11.8 Å². The number of anilines is 1. The van der Waals surface area contributed by atoms with Crippen molar-refractivity contribution < 1.29 is 14.3 Å². The highest BCUT2D eigenvalue weighted by Gasteiger charge is 2.23. The average Bonchev–Trinajstić information content (AvgIpc) is 2.97. The Morgan fingerprint density at radius 2 is 2.22 bits per heavy atom. The highest BCUT2D eigenvalue weighted by Crippen LogP contribution is 2.29. The van der Waals surface area contributed by atoms with Crippen LogP contribution in [0.3, 0.4) is 0 Å². The monoisotopic (exact) mass is 366 g/mol. The van der Waals surface area contributed by atoms with Gasteiger partial charge in [-0.1, -0.05) is 6.07 Å². The van der Waals surface area contributed by atoms with Crippen molar-refractivity contribution in [2.45, 2.75) is 32.0 Å². The van der Waals surface area contributed by atoms with Crippen molar-refractivity contribution in [2.24, 2.45) is 7.05 Å². The van der Waals surface area contributed by atoms with E-state index in [0.29, 0.717) is 23.9 Å². The van der Waals surface area contributed by atoms with Crippen LogP contribution in [0.4, 0.5) is 5.69 Å². The average molecular weight is 366 g/mol. The Kier molecular flexibility index (Phi) is 4.77. The molecule has 7 heteroatoms. The quantitative estimate of drug-likeness (QED) is 0.767. The zero-order chi connectivity index (χ0) is 18.8. The van der Waals surface area contributed by atoms with Gasteiger partial charge in [-0.05, 0) is 37.3 Å². The number of nitrogens with zero attached hydrogens (tertiary/aromatic N) is 3. The van der Waals surface area contributed by atoms with E-state index in [2.05, 4.69) is 22.3 Å². The number of rotatable bonds is 4. The second-order valence-electron chi connectivity index (χ2n) is 6.78. The number of aryl methyl sites for hydroxylation is 1. The van der Waals surface area contributed by atoms with Gasteiger partial charge < -0.3 is 14.8 Å². The van der Waals surface area contributed by atoms with Crippen molar-refractivity contribution in [3.05, 3.63) is 48.3 Å². The molecule has 1 amide bonds. The Morgan fingerprint density at radius 1 is 1.33 bits per heavy atom. The molecule has 2 atom stereocenters. The third-order valence-electron chi connectivity index (χ3n) is 4.69. The molecule has 3 heterocycles. The lowest BCUT2D eigenvalue weighted by atomic mass is 10.1. The summed E-state index contributed by atoms with van der Waals surface area (Å²) in [7, 11) is 1.87. The molecule has 0 bridgehead atoms. The smallest absolute Gasteiger partial charge is 0.274 e. The molecular weight excluding hydrogens is 344 g/mol. The van der Waals surface area contributed by atoms with Gasteiger partial charge >= 0.3 is 0 Å². The van der Waals surface area contributed by atoms with Gasteiger partial charge in [0.05, 0.1) is 23.6 Å². The molecule has 27 heavy (non-hydrogen) atoms. The third-order valence-corrected chi connectivity index (χ3v) is 4.69. The Bertz CT molecular complexity index is 955. The van der Waals surface area contributed by atoms with Gasteiger partial charge in [0.2, 0.25) is 5.88 Å². The fraction of sp³-hybridized carbons (Fsp3) is 0.350. The van der Waals surface area contributed by atoms with Gasteiger partial charge in [0.15, 0.2) is 0 Å². The Labute approximate surface area is 157 Å². The predicted molar refractivity (Wildman–Crippen MR) is 102 cm³/mol. The summed E-state index contributed by atoms with van der Waals surface area (Å²) in [5.41, 5.74) is 1.96. The first-order valence-corrected chi connectivity index (χ1v) is 9.07. The van der Waals surface area contributed by atoms with E-state index in [-0.39, 0.29) is 18.1 Å².